The number of aliphatic hydroxyl groups is 1. The average Bonchev–Trinajstić information content (AvgIpc) is 2.99. The number of amides is 1. The van der Waals surface area contributed by atoms with Gasteiger partial charge in [-0.25, -0.2) is 4.98 Å². The van der Waals surface area contributed by atoms with Crippen molar-refractivity contribution in [2.75, 3.05) is 6.54 Å². The molecule has 21 heavy (non-hydrogen) atoms. The number of aryl methyl sites for hydroxylation is 2. The van der Waals surface area contributed by atoms with E-state index in [-0.39, 0.29) is 12.5 Å². The summed E-state index contributed by atoms with van der Waals surface area (Å²) in [6, 6.07) is 1.87. The maximum atomic E-state index is 12.4. The molecule has 1 N–H and O–H groups in total. The van der Waals surface area contributed by atoms with Crippen molar-refractivity contribution in [2.24, 2.45) is 0 Å². The summed E-state index contributed by atoms with van der Waals surface area (Å²) in [6.45, 7) is 3.95. The lowest BCUT2D eigenvalue weighted by Crippen LogP contribution is -2.32. The molecule has 1 amide bonds. The molecule has 112 valence electrons. The molecule has 0 bridgehead atoms. The van der Waals surface area contributed by atoms with E-state index in [9.17, 15) is 4.79 Å². The lowest BCUT2D eigenvalue weighted by atomic mass is 10.2. The Hall–Kier alpha value is -1.73. The first-order valence-electron chi connectivity index (χ1n) is 7.01. The van der Waals surface area contributed by atoms with E-state index in [0.29, 0.717) is 18.7 Å². The van der Waals surface area contributed by atoms with Gasteiger partial charge in [0.25, 0.3) is 0 Å². The van der Waals surface area contributed by atoms with Crippen LogP contribution in [0.4, 0.5) is 0 Å². The van der Waals surface area contributed by atoms with Crippen LogP contribution in [0.15, 0.2) is 11.4 Å². The number of hydrogen-bond donors (Lipinski definition) is 1. The summed E-state index contributed by atoms with van der Waals surface area (Å²) in [5, 5.41) is 16.4. The number of nitrogens with zero attached hydrogens (tertiary/aromatic N) is 4. The Morgan fingerprint density at radius 3 is 3.00 bits per heavy atom. The summed E-state index contributed by atoms with van der Waals surface area (Å²) >= 11 is 1.57. The van der Waals surface area contributed by atoms with E-state index < -0.39 is 0 Å². The van der Waals surface area contributed by atoms with Gasteiger partial charge in [-0.15, -0.1) is 11.3 Å². The van der Waals surface area contributed by atoms with Gasteiger partial charge in [-0.3, -0.25) is 9.48 Å². The average molecular weight is 306 g/mol. The molecule has 6 nitrogen and oxygen atoms in total. The van der Waals surface area contributed by atoms with Crippen molar-refractivity contribution in [1.82, 2.24) is 19.7 Å². The van der Waals surface area contributed by atoms with Gasteiger partial charge in [0.15, 0.2) is 0 Å². The molecule has 0 aromatic carbocycles. The fourth-order valence-electron chi connectivity index (χ4n) is 2.57. The number of hydrogen-bond acceptors (Lipinski definition) is 5. The van der Waals surface area contributed by atoms with E-state index in [1.807, 2.05) is 28.0 Å². The highest BCUT2D eigenvalue weighted by atomic mass is 32.1. The molecule has 0 radical (unpaired) electrons. The van der Waals surface area contributed by atoms with Crippen LogP contribution in [0.1, 0.15) is 28.5 Å². The van der Waals surface area contributed by atoms with Crippen LogP contribution >= 0.6 is 11.3 Å². The van der Waals surface area contributed by atoms with Gasteiger partial charge in [-0.05, 0) is 19.4 Å². The maximum Gasteiger partial charge on any atom is 0.228 e. The Balaban J connectivity index is 1.71. The van der Waals surface area contributed by atoms with Gasteiger partial charge in [0, 0.05) is 18.5 Å². The minimum atomic E-state index is -0.0634. The van der Waals surface area contributed by atoms with Gasteiger partial charge in [-0.1, -0.05) is 0 Å². The molecule has 3 heterocycles. The van der Waals surface area contributed by atoms with Crippen molar-refractivity contribution in [3.05, 3.63) is 33.5 Å². The summed E-state index contributed by atoms with van der Waals surface area (Å²) in [5.41, 5.74) is 2.49. The van der Waals surface area contributed by atoms with E-state index in [4.69, 9.17) is 5.11 Å². The second kappa shape index (κ2) is 5.95. The monoisotopic (exact) mass is 306 g/mol. The van der Waals surface area contributed by atoms with Crippen molar-refractivity contribution in [3.8, 4) is 0 Å². The van der Waals surface area contributed by atoms with Crippen molar-refractivity contribution >= 4 is 17.2 Å². The standard InChI is InChI=1S/C14H18N4O2S/c1-10-15-12(9-21-10)6-14(20)17-3-2-4-18-13(7-17)5-11(8-19)16-18/h5,9,19H,2-4,6-8H2,1H3. The largest absolute Gasteiger partial charge is 0.390 e. The Morgan fingerprint density at radius 1 is 1.43 bits per heavy atom. The van der Waals surface area contributed by atoms with Crippen LogP contribution in [0, 0.1) is 6.92 Å². The SMILES string of the molecule is Cc1nc(CC(=O)N2CCCn3nc(CO)cc3C2)cs1. The summed E-state index contributed by atoms with van der Waals surface area (Å²) in [6.07, 6.45) is 1.23. The number of fused-ring (bicyclic) bond motifs is 1. The molecule has 0 aliphatic carbocycles. The van der Waals surface area contributed by atoms with E-state index in [0.717, 1.165) is 35.9 Å². The third kappa shape index (κ3) is 3.14. The number of carbonyl (C=O) groups is 1. The quantitative estimate of drug-likeness (QED) is 0.922. The highest BCUT2D eigenvalue weighted by molar-refractivity contribution is 7.09. The van der Waals surface area contributed by atoms with Gasteiger partial charge in [0.2, 0.25) is 5.91 Å². The molecule has 0 atom stereocenters. The highest BCUT2D eigenvalue weighted by Gasteiger charge is 2.21. The van der Waals surface area contributed by atoms with Crippen molar-refractivity contribution in [1.29, 1.82) is 0 Å². The van der Waals surface area contributed by atoms with E-state index in [2.05, 4.69) is 10.1 Å². The van der Waals surface area contributed by atoms with Gasteiger partial charge >= 0.3 is 0 Å². The fourth-order valence-corrected chi connectivity index (χ4v) is 3.18. The minimum Gasteiger partial charge on any atom is -0.390 e. The topological polar surface area (TPSA) is 71.2 Å². The highest BCUT2D eigenvalue weighted by Crippen LogP contribution is 2.16. The van der Waals surface area contributed by atoms with Crippen LogP contribution in [-0.2, 0) is 30.9 Å². The maximum absolute atomic E-state index is 12.4. The number of carbonyl (C=O) groups excluding carboxylic acids is 1. The molecule has 0 fully saturated rings. The smallest absolute Gasteiger partial charge is 0.228 e. The van der Waals surface area contributed by atoms with Gasteiger partial charge in [0.1, 0.15) is 0 Å². The van der Waals surface area contributed by atoms with E-state index in [1.54, 1.807) is 11.3 Å². The predicted molar refractivity (Wildman–Crippen MR) is 78.7 cm³/mol. The molecule has 3 rings (SSSR count). The van der Waals surface area contributed by atoms with Gasteiger partial charge in [-0.2, -0.15) is 5.10 Å². The molecule has 0 saturated carbocycles. The Bertz CT molecular complexity index is 649. The summed E-state index contributed by atoms with van der Waals surface area (Å²) in [7, 11) is 0. The Morgan fingerprint density at radius 2 is 2.29 bits per heavy atom. The number of rotatable bonds is 3. The molecule has 1 aliphatic rings. The molecule has 7 heteroatoms. The van der Waals surface area contributed by atoms with Gasteiger partial charge in [0.05, 0.1) is 41.7 Å². The Kier molecular flexibility index (Phi) is 4.03. The molecular weight excluding hydrogens is 288 g/mol. The van der Waals surface area contributed by atoms with Crippen LogP contribution in [0.25, 0.3) is 0 Å². The summed E-state index contributed by atoms with van der Waals surface area (Å²) in [4.78, 5) is 18.6. The van der Waals surface area contributed by atoms with Crippen LogP contribution in [0.2, 0.25) is 0 Å². The zero-order chi connectivity index (χ0) is 14.8. The second-order valence-electron chi connectivity index (χ2n) is 5.21. The van der Waals surface area contributed by atoms with Gasteiger partial charge < -0.3 is 10.0 Å². The molecule has 0 unspecified atom stereocenters. The molecule has 2 aromatic rings. The summed E-state index contributed by atoms with van der Waals surface area (Å²) in [5.74, 6) is 0.0977. The first kappa shape index (κ1) is 14.2. The van der Waals surface area contributed by atoms with Crippen LogP contribution in [0.5, 0.6) is 0 Å². The third-order valence-electron chi connectivity index (χ3n) is 3.58. The van der Waals surface area contributed by atoms with Crippen LogP contribution in [0.3, 0.4) is 0 Å². The molecule has 1 aliphatic heterocycles. The molecule has 0 spiro atoms. The van der Waals surface area contributed by atoms with Crippen molar-refractivity contribution < 1.29 is 9.90 Å². The third-order valence-corrected chi connectivity index (χ3v) is 4.40. The minimum absolute atomic E-state index is 0.0634. The number of aliphatic hydroxyl groups excluding tert-OH is 1. The second-order valence-corrected chi connectivity index (χ2v) is 6.27. The molecule has 0 saturated heterocycles. The van der Waals surface area contributed by atoms with E-state index >= 15 is 0 Å². The normalized spacial score (nSPS) is 14.9. The zero-order valence-corrected chi connectivity index (χ0v) is 12.8. The number of aromatic nitrogens is 3. The lowest BCUT2D eigenvalue weighted by Gasteiger charge is -2.19. The molecule has 2 aromatic heterocycles. The first-order valence-corrected chi connectivity index (χ1v) is 7.89. The summed E-state index contributed by atoms with van der Waals surface area (Å²) < 4.78 is 1.89. The first-order chi connectivity index (χ1) is 10.2. The molecular formula is C14H18N4O2S. The predicted octanol–water partition coefficient (Wildman–Crippen LogP) is 1.12. The van der Waals surface area contributed by atoms with Crippen molar-refractivity contribution in [3.63, 3.8) is 0 Å². The van der Waals surface area contributed by atoms with Crippen molar-refractivity contribution in [2.45, 2.75) is 39.5 Å². The fraction of sp³-hybridized carbons (Fsp3) is 0.500. The van der Waals surface area contributed by atoms with Crippen LogP contribution < -0.4 is 0 Å². The van der Waals surface area contributed by atoms with Crippen LogP contribution in [-0.4, -0.2) is 37.2 Å². The Labute approximate surface area is 127 Å². The lowest BCUT2D eigenvalue weighted by molar-refractivity contribution is -0.131. The van der Waals surface area contributed by atoms with E-state index in [1.165, 1.54) is 0 Å². The number of thiazole rings is 1. The zero-order valence-electron chi connectivity index (χ0n) is 11.9.